The van der Waals surface area contributed by atoms with Gasteiger partial charge in [-0.2, -0.15) is 4.57 Å². The quantitative estimate of drug-likeness (QED) is 0.564. The Morgan fingerprint density at radius 1 is 1.45 bits per heavy atom. The fourth-order valence-electron chi connectivity index (χ4n) is 1.57. The van der Waals surface area contributed by atoms with Crippen LogP contribution in [0.2, 0.25) is 0 Å². The lowest BCUT2D eigenvalue weighted by atomic mass is 10.2. The van der Waals surface area contributed by atoms with Gasteiger partial charge in [-0.05, 0) is 6.42 Å². The second-order valence-corrected chi connectivity index (χ2v) is 3.00. The molecule has 1 aromatic heterocycles. The van der Waals surface area contributed by atoms with E-state index < -0.39 is 0 Å². The largest absolute Gasteiger partial charge is 0.476 e. The molecule has 1 aliphatic rings. The van der Waals surface area contributed by atoms with Crippen molar-refractivity contribution < 1.29 is 14.1 Å². The number of nitrogens with zero attached hydrogens (tertiary/aromatic N) is 1. The SMILES string of the molecule is Cc1c(O)oc2[n+]1CCCC2. The molecule has 0 unspecified atom stereocenters. The van der Waals surface area contributed by atoms with Crippen molar-refractivity contribution in [2.24, 2.45) is 0 Å². The van der Waals surface area contributed by atoms with Crippen molar-refractivity contribution in [1.82, 2.24) is 0 Å². The summed E-state index contributed by atoms with van der Waals surface area (Å²) in [6.45, 7) is 2.87. The molecule has 0 atom stereocenters. The number of aryl methyl sites for hydroxylation is 1. The van der Waals surface area contributed by atoms with Crippen molar-refractivity contribution in [3.05, 3.63) is 11.6 Å². The molecular formula is C8H12NO2+. The summed E-state index contributed by atoms with van der Waals surface area (Å²) in [6, 6.07) is 0. The van der Waals surface area contributed by atoms with Crippen LogP contribution in [-0.2, 0) is 13.0 Å². The molecule has 11 heavy (non-hydrogen) atoms. The molecule has 3 heteroatoms. The third-order valence-corrected chi connectivity index (χ3v) is 2.25. The number of aromatic hydroxyl groups is 1. The summed E-state index contributed by atoms with van der Waals surface area (Å²) >= 11 is 0. The highest BCUT2D eigenvalue weighted by atomic mass is 16.5. The van der Waals surface area contributed by atoms with Gasteiger partial charge in [0.2, 0.25) is 0 Å². The molecule has 2 rings (SSSR count). The first-order valence-electron chi connectivity index (χ1n) is 4.00. The zero-order valence-corrected chi connectivity index (χ0v) is 6.63. The maximum atomic E-state index is 9.22. The van der Waals surface area contributed by atoms with E-state index in [1.807, 2.05) is 6.92 Å². The van der Waals surface area contributed by atoms with Gasteiger partial charge in [-0.3, -0.25) is 0 Å². The minimum Gasteiger partial charge on any atom is -0.476 e. The van der Waals surface area contributed by atoms with E-state index in [4.69, 9.17) is 4.42 Å². The monoisotopic (exact) mass is 154 g/mol. The van der Waals surface area contributed by atoms with Crippen LogP contribution in [0, 0.1) is 6.92 Å². The number of aromatic nitrogens is 1. The zero-order valence-electron chi connectivity index (χ0n) is 6.63. The van der Waals surface area contributed by atoms with Crippen LogP contribution in [0.25, 0.3) is 0 Å². The van der Waals surface area contributed by atoms with E-state index in [-0.39, 0.29) is 5.95 Å². The minimum absolute atomic E-state index is 0.0851. The molecule has 0 fully saturated rings. The van der Waals surface area contributed by atoms with Gasteiger partial charge in [0.05, 0.1) is 6.42 Å². The van der Waals surface area contributed by atoms with E-state index in [0.29, 0.717) is 0 Å². The number of fused-ring (bicyclic) bond motifs is 1. The lowest BCUT2D eigenvalue weighted by molar-refractivity contribution is -0.718. The normalized spacial score (nSPS) is 16.5. The van der Waals surface area contributed by atoms with Crippen LogP contribution in [-0.4, -0.2) is 5.11 Å². The highest BCUT2D eigenvalue weighted by Gasteiger charge is 2.27. The molecule has 0 aromatic carbocycles. The van der Waals surface area contributed by atoms with Crippen LogP contribution >= 0.6 is 0 Å². The fraction of sp³-hybridized carbons (Fsp3) is 0.625. The maximum absolute atomic E-state index is 9.22. The lowest BCUT2D eigenvalue weighted by Gasteiger charge is -2.02. The van der Waals surface area contributed by atoms with E-state index in [1.54, 1.807) is 0 Å². The van der Waals surface area contributed by atoms with E-state index in [2.05, 4.69) is 4.57 Å². The summed E-state index contributed by atoms with van der Waals surface area (Å²) < 4.78 is 7.21. The smallest absolute Gasteiger partial charge is 0.356 e. The van der Waals surface area contributed by atoms with Gasteiger partial charge in [-0.1, -0.05) is 0 Å². The molecule has 1 N–H and O–H groups in total. The van der Waals surface area contributed by atoms with Crippen molar-refractivity contribution in [3.8, 4) is 5.95 Å². The van der Waals surface area contributed by atoms with Gasteiger partial charge in [-0.25, -0.2) is 0 Å². The van der Waals surface area contributed by atoms with Gasteiger partial charge in [0.15, 0.2) is 6.54 Å². The number of rotatable bonds is 0. The highest BCUT2D eigenvalue weighted by Crippen LogP contribution is 2.19. The average Bonchev–Trinajstić information content (AvgIpc) is 2.30. The molecular weight excluding hydrogens is 142 g/mol. The topological polar surface area (TPSA) is 37.3 Å². The van der Waals surface area contributed by atoms with Gasteiger partial charge in [0.25, 0.3) is 5.69 Å². The molecule has 1 aliphatic heterocycles. The van der Waals surface area contributed by atoms with Crippen LogP contribution in [0.4, 0.5) is 0 Å². The summed E-state index contributed by atoms with van der Waals surface area (Å²) in [5, 5.41) is 9.22. The highest BCUT2D eigenvalue weighted by molar-refractivity contribution is 5.05. The standard InChI is InChI=1S/C8H11NO2/c1-6-8(10)11-7-4-2-3-5-9(6)7/h2-5H2,1H3/p+1. The van der Waals surface area contributed by atoms with Crippen LogP contribution in [0.15, 0.2) is 4.42 Å². The van der Waals surface area contributed by atoms with Crippen LogP contribution in [0.5, 0.6) is 5.95 Å². The van der Waals surface area contributed by atoms with Crippen LogP contribution < -0.4 is 4.57 Å². The first-order valence-corrected chi connectivity index (χ1v) is 4.00. The second kappa shape index (κ2) is 2.26. The first kappa shape index (κ1) is 6.70. The minimum atomic E-state index is 0.0851. The van der Waals surface area contributed by atoms with Crippen molar-refractivity contribution in [3.63, 3.8) is 0 Å². The molecule has 0 bridgehead atoms. The average molecular weight is 154 g/mol. The van der Waals surface area contributed by atoms with Gasteiger partial charge >= 0.3 is 11.8 Å². The fourth-order valence-corrected chi connectivity index (χ4v) is 1.57. The number of hydrogen-bond donors (Lipinski definition) is 1. The molecule has 2 heterocycles. The molecule has 3 nitrogen and oxygen atoms in total. The molecule has 1 aromatic rings. The molecule has 0 aliphatic carbocycles. The molecule has 0 spiro atoms. The first-order chi connectivity index (χ1) is 5.29. The van der Waals surface area contributed by atoms with Crippen LogP contribution in [0.1, 0.15) is 24.4 Å². The summed E-state index contributed by atoms with van der Waals surface area (Å²) in [6.07, 6.45) is 3.32. The van der Waals surface area contributed by atoms with Crippen molar-refractivity contribution in [1.29, 1.82) is 0 Å². The summed E-state index contributed by atoms with van der Waals surface area (Å²) in [7, 11) is 0. The van der Waals surface area contributed by atoms with Crippen molar-refractivity contribution in [2.45, 2.75) is 32.7 Å². The summed E-state index contributed by atoms with van der Waals surface area (Å²) in [5.74, 6) is 1.01. The molecule has 0 saturated heterocycles. The van der Waals surface area contributed by atoms with Crippen LogP contribution in [0.3, 0.4) is 0 Å². The lowest BCUT2D eigenvalue weighted by Crippen LogP contribution is -2.41. The van der Waals surface area contributed by atoms with Crippen molar-refractivity contribution >= 4 is 0 Å². The van der Waals surface area contributed by atoms with Gasteiger partial charge < -0.3 is 9.52 Å². The zero-order chi connectivity index (χ0) is 7.84. The molecule has 0 radical (unpaired) electrons. The summed E-state index contributed by atoms with van der Waals surface area (Å²) in [4.78, 5) is 0. The second-order valence-electron chi connectivity index (χ2n) is 3.00. The Balaban J connectivity index is 2.50. The number of hydrogen-bond acceptors (Lipinski definition) is 2. The molecule has 60 valence electrons. The predicted octanol–water partition coefficient (Wildman–Crippen LogP) is 0.917. The maximum Gasteiger partial charge on any atom is 0.356 e. The van der Waals surface area contributed by atoms with Gasteiger partial charge in [-0.15, -0.1) is 0 Å². The summed E-state index contributed by atoms with van der Waals surface area (Å²) in [5.41, 5.74) is 0.861. The molecule has 0 amide bonds. The third kappa shape index (κ3) is 0.914. The Bertz CT molecular complexity index is 278. The van der Waals surface area contributed by atoms with Crippen molar-refractivity contribution in [2.75, 3.05) is 0 Å². The Labute approximate surface area is 65.3 Å². The van der Waals surface area contributed by atoms with E-state index in [9.17, 15) is 5.11 Å². The Kier molecular flexibility index (Phi) is 1.37. The number of oxazole rings is 1. The van der Waals surface area contributed by atoms with Gasteiger partial charge in [0.1, 0.15) is 0 Å². The predicted molar refractivity (Wildman–Crippen MR) is 38.2 cm³/mol. The Morgan fingerprint density at radius 3 is 3.00 bits per heavy atom. The van der Waals surface area contributed by atoms with E-state index in [0.717, 1.165) is 24.6 Å². The van der Waals surface area contributed by atoms with Gasteiger partial charge in [0, 0.05) is 13.3 Å². The van der Waals surface area contributed by atoms with E-state index >= 15 is 0 Å². The Morgan fingerprint density at radius 2 is 2.27 bits per heavy atom. The molecule has 0 saturated carbocycles. The Hall–Kier alpha value is -0.990. The third-order valence-electron chi connectivity index (χ3n) is 2.25. The van der Waals surface area contributed by atoms with E-state index in [1.165, 1.54) is 12.8 Å².